The average molecular weight is 353 g/mol. The van der Waals surface area contributed by atoms with Gasteiger partial charge in [0.05, 0.1) is 6.04 Å². The average Bonchev–Trinajstić information content (AvgIpc) is 2.87. The van der Waals surface area contributed by atoms with Gasteiger partial charge in [0.1, 0.15) is 5.56 Å². The van der Waals surface area contributed by atoms with Crippen LogP contribution in [0.4, 0.5) is 0 Å². The number of nitrogens with one attached hydrogen (secondary N) is 1. The van der Waals surface area contributed by atoms with E-state index in [-0.39, 0.29) is 17.5 Å². The van der Waals surface area contributed by atoms with Crippen molar-refractivity contribution in [3.63, 3.8) is 0 Å². The number of nitrogens with zero attached hydrogens (tertiary/aromatic N) is 2. The minimum Gasteiger partial charge on any atom is -0.345 e. The van der Waals surface area contributed by atoms with Crippen LogP contribution in [0.25, 0.3) is 0 Å². The van der Waals surface area contributed by atoms with Crippen molar-refractivity contribution in [1.82, 2.24) is 14.5 Å². The van der Waals surface area contributed by atoms with E-state index in [2.05, 4.69) is 35.5 Å². The molecular weight excluding hydrogens is 326 g/mol. The lowest BCUT2D eigenvalue weighted by Gasteiger charge is -2.37. The summed E-state index contributed by atoms with van der Waals surface area (Å²) in [5.74, 6) is -0.129. The molecule has 0 radical (unpaired) electrons. The third-order valence-corrected chi connectivity index (χ3v) is 5.98. The first kappa shape index (κ1) is 17.1. The van der Waals surface area contributed by atoms with Crippen LogP contribution < -0.4 is 5.56 Å². The molecule has 5 nitrogen and oxygen atoms in total. The molecule has 2 aromatic heterocycles. The summed E-state index contributed by atoms with van der Waals surface area (Å²) in [7, 11) is 0. The molecular formula is C21H27N3O2. The number of hydrogen-bond acceptors (Lipinski definition) is 2. The fraction of sp³-hybridized carbons (Fsp3) is 0.524. The molecule has 5 heteroatoms. The van der Waals surface area contributed by atoms with E-state index in [0.717, 1.165) is 49.9 Å². The zero-order valence-electron chi connectivity index (χ0n) is 15.7. The van der Waals surface area contributed by atoms with Gasteiger partial charge in [0, 0.05) is 30.2 Å². The van der Waals surface area contributed by atoms with Crippen LogP contribution in [0.1, 0.15) is 71.7 Å². The van der Waals surface area contributed by atoms with Crippen molar-refractivity contribution >= 4 is 5.91 Å². The van der Waals surface area contributed by atoms with Crippen LogP contribution >= 0.6 is 0 Å². The lowest BCUT2D eigenvalue weighted by Crippen LogP contribution is -2.43. The van der Waals surface area contributed by atoms with Gasteiger partial charge in [0.2, 0.25) is 0 Å². The zero-order valence-corrected chi connectivity index (χ0v) is 15.7. The van der Waals surface area contributed by atoms with E-state index in [1.54, 1.807) is 0 Å². The number of carbonyl (C=O) groups excluding carboxylic acids is 1. The highest BCUT2D eigenvalue weighted by Gasteiger charge is 2.32. The molecule has 1 N–H and O–H groups in total. The van der Waals surface area contributed by atoms with Crippen LogP contribution in [0.5, 0.6) is 0 Å². The molecule has 3 heterocycles. The maximum Gasteiger partial charge on any atom is 0.261 e. The van der Waals surface area contributed by atoms with Crippen molar-refractivity contribution in [3.8, 4) is 0 Å². The van der Waals surface area contributed by atoms with Gasteiger partial charge in [-0.15, -0.1) is 0 Å². The highest BCUT2D eigenvalue weighted by Crippen LogP contribution is 2.31. The molecule has 1 amide bonds. The van der Waals surface area contributed by atoms with E-state index >= 15 is 0 Å². The largest absolute Gasteiger partial charge is 0.345 e. The van der Waals surface area contributed by atoms with Crippen LogP contribution in [0.15, 0.2) is 23.0 Å². The van der Waals surface area contributed by atoms with Gasteiger partial charge in [0.15, 0.2) is 0 Å². The van der Waals surface area contributed by atoms with E-state index in [1.165, 1.54) is 17.8 Å². The summed E-state index contributed by atoms with van der Waals surface area (Å²) in [6, 6.07) is 6.13. The molecule has 1 aliphatic carbocycles. The number of aromatic amines is 1. The monoisotopic (exact) mass is 353 g/mol. The van der Waals surface area contributed by atoms with Crippen molar-refractivity contribution in [2.45, 2.75) is 65.0 Å². The van der Waals surface area contributed by atoms with Gasteiger partial charge in [-0.1, -0.05) is 13.3 Å². The molecule has 0 unspecified atom stereocenters. The maximum atomic E-state index is 13.3. The Labute approximate surface area is 154 Å². The minimum atomic E-state index is -0.234. The Hall–Kier alpha value is -2.30. The molecule has 0 saturated carbocycles. The SMILES string of the molecule is CC[C@@H]1c2ccc(C)n2CCN1C(=O)c1cc2c([nH]c1=O)CCCCC2. The number of aromatic nitrogens is 2. The Balaban J connectivity index is 1.69. The van der Waals surface area contributed by atoms with Crippen LogP contribution in [0.3, 0.4) is 0 Å². The van der Waals surface area contributed by atoms with Crippen LogP contribution in [-0.2, 0) is 19.4 Å². The Morgan fingerprint density at radius 1 is 1.19 bits per heavy atom. The molecule has 0 aromatic carbocycles. The van der Waals surface area contributed by atoms with Crippen molar-refractivity contribution in [3.05, 3.63) is 56.8 Å². The predicted octanol–water partition coefficient (Wildman–Crippen LogP) is 3.36. The second-order valence-corrected chi connectivity index (χ2v) is 7.55. The summed E-state index contributed by atoms with van der Waals surface area (Å²) >= 11 is 0. The molecule has 4 rings (SSSR count). The van der Waals surface area contributed by atoms with Gasteiger partial charge in [-0.2, -0.15) is 0 Å². The van der Waals surface area contributed by atoms with Crippen LogP contribution in [0, 0.1) is 6.92 Å². The number of fused-ring (bicyclic) bond motifs is 2. The predicted molar refractivity (Wildman–Crippen MR) is 102 cm³/mol. The number of amides is 1. The van der Waals surface area contributed by atoms with Crippen LogP contribution in [0.2, 0.25) is 0 Å². The van der Waals surface area contributed by atoms with Crippen molar-refractivity contribution in [2.75, 3.05) is 6.54 Å². The number of pyridine rings is 1. The summed E-state index contributed by atoms with van der Waals surface area (Å²) in [6.07, 6.45) is 6.12. The zero-order chi connectivity index (χ0) is 18.3. The minimum absolute atomic E-state index is 0.0307. The summed E-state index contributed by atoms with van der Waals surface area (Å²) in [5, 5.41) is 0. The molecule has 1 aliphatic heterocycles. The highest BCUT2D eigenvalue weighted by atomic mass is 16.2. The lowest BCUT2D eigenvalue weighted by molar-refractivity contribution is 0.0614. The molecule has 0 saturated heterocycles. The van der Waals surface area contributed by atoms with E-state index in [9.17, 15) is 9.59 Å². The molecule has 0 bridgehead atoms. The molecule has 138 valence electrons. The fourth-order valence-corrected chi connectivity index (χ4v) is 4.55. The van der Waals surface area contributed by atoms with Gasteiger partial charge in [-0.3, -0.25) is 9.59 Å². The number of aryl methyl sites for hydroxylation is 3. The normalized spacial score (nSPS) is 19.6. The topological polar surface area (TPSA) is 58.1 Å². The standard InChI is InChI=1S/C21H27N3O2/c1-3-18-19-10-9-14(2)23(19)11-12-24(18)21(26)16-13-15-7-5-4-6-8-17(15)22-20(16)25/h9-10,13,18H,3-8,11-12H2,1-2H3,(H,22,25)/t18-/m1/s1. The summed E-state index contributed by atoms with van der Waals surface area (Å²) < 4.78 is 2.29. The quantitative estimate of drug-likeness (QED) is 0.842. The number of carbonyl (C=O) groups is 1. The number of hydrogen-bond donors (Lipinski definition) is 1. The van der Waals surface area contributed by atoms with E-state index in [0.29, 0.717) is 12.1 Å². The van der Waals surface area contributed by atoms with Gasteiger partial charge in [-0.05, 0) is 62.8 Å². The molecule has 2 aliphatic rings. The Kier molecular flexibility index (Phi) is 4.47. The number of H-pyrrole nitrogens is 1. The van der Waals surface area contributed by atoms with Gasteiger partial charge < -0.3 is 14.5 Å². The highest BCUT2D eigenvalue weighted by molar-refractivity contribution is 5.94. The Morgan fingerprint density at radius 3 is 2.81 bits per heavy atom. The molecule has 0 fully saturated rings. The second kappa shape index (κ2) is 6.78. The Morgan fingerprint density at radius 2 is 2.00 bits per heavy atom. The summed E-state index contributed by atoms with van der Waals surface area (Å²) in [5.41, 5.74) is 4.65. The molecule has 2 aromatic rings. The third-order valence-electron chi connectivity index (χ3n) is 5.98. The summed E-state index contributed by atoms with van der Waals surface area (Å²) in [4.78, 5) is 30.8. The van der Waals surface area contributed by atoms with Gasteiger partial charge >= 0.3 is 0 Å². The van der Waals surface area contributed by atoms with Crippen LogP contribution in [-0.4, -0.2) is 26.9 Å². The fourth-order valence-electron chi connectivity index (χ4n) is 4.55. The third kappa shape index (κ3) is 2.79. The first-order chi connectivity index (χ1) is 12.6. The lowest BCUT2D eigenvalue weighted by atomic mass is 10.0. The Bertz CT molecular complexity index is 893. The second-order valence-electron chi connectivity index (χ2n) is 7.55. The maximum absolute atomic E-state index is 13.3. The van der Waals surface area contributed by atoms with E-state index in [1.807, 2.05) is 11.0 Å². The first-order valence-corrected chi connectivity index (χ1v) is 9.82. The van der Waals surface area contributed by atoms with Crippen molar-refractivity contribution in [1.29, 1.82) is 0 Å². The molecule has 1 atom stereocenters. The molecule has 26 heavy (non-hydrogen) atoms. The molecule has 0 spiro atoms. The van der Waals surface area contributed by atoms with Crippen molar-refractivity contribution in [2.24, 2.45) is 0 Å². The van der Waals surface area contributed by atoms with Gasteiger partial charge in [-0.25, -0.2) is 0 Å². The van der Waals surface area contributed by atoms with E-state index in [4.69, 9.17) is 0 Å². The smallest absolute Gasteiger partial charge is 0.261 e. The number of rotatable bonds is 2. The first-order valence-electron chi connectivity index (χ1n) is 9.82. The van der Waals surface area contributed by atoms with E-state index < -0.39 is 0 Å². The van der Waals surface area contributed by atoms with Crippen molar-refractivity contribution < 1.29 is 4.79 Å². The van der Waals surface area contributed by atoms with Gasteiger partial charge in [0.25, 0.3) is 11.5 Å². The summed E-state index contributed by atoms with van der Waals surface area (Å²) in [6.45, 7) is 5.64.